The maximum atomic E-state index is 11.7. The molecule has 5 nitrogen and oxygen atoms in total. The normalized spacial score (nSPS) is 9.86. The molecule has 0 aliphatic rings. The average molecular weight is 300 g/mol. The van der Waals surface area contributed by atoms with Crippen LogP contribution in [0, 0.1) is 0 Å². The zero-order chi connectivity index (χ0) is 15.6. The molecule has 0 aromatic heterocycles. The van der Waals surface area contributed by atoms with Crippen LogP contribution in [0.4, 0.5) is 5.69 Å². The van der Waals surface area contributed by atoms with Crippen molar-refractivity contribution in [2.75, 3.05) is 32.1 Å². The second-order valence-corrected chi connectivity index (χ2v) is 4.59. The van der Waals surface area contributed by atoms with Crippen molar-refractivity contribution >= 4 is 11.6 Å². The Bertz CT molecular complexity index is 570. The number of carbonyl (C=O) groups is 1. The second kappa shape index (κ2) is 8.56. The number of hydrogen-bond acceptors (Lipinski definition) is 4. The van der Waals surface area contributed by atoms with Crippen LogP contribution in [0.3, 0.4) is 0 Å². The number of para-hydroxylation sites is 1. The molecule has 0 saturated carbocycles. The Morgan fingerprint density at radius 2 is 1.73 bits per heavy atom. The highest BCUT2D eigenvalue weighted by Crippen LogP contribution is 2.14. The molecular weight excluding hydrogens is 280 g/mol. The van der Waals surface area contributed by atoms with Crippen molar-refractivity contribution in [1.29, 1.82) is 0 Å². The fraction of sp³-hybridized carbons (Fsp3) is 0.235. The third-order valence-electron chi connectivity index (χ3n) is 2.98. The number of nitrogens with one attached hydrogen (secondary N) is 2. The third kappa shape index (κ3) is 5.36. The van der Waals surface area contributed by atoms with Crippen LogP contribution in [0.25, 0.3) is 0 Å². The van der Waals surface area contributed by atoms with E-state index >= 15 is 0 Å². The van der Waals surface area contributed by atoms with Crippen LogP contribution >= 0.6 is 0 Å². The van der Waals surface area contributed by atoms with Crippen LogP contribution < -0.4 is 20.1 Å². The lowest BCUT2D eigenvalue weighted by Crippen LogP contribution is -2.32. The number of carbonyl (C=O) groups excluding carboxylic acids is 1. The minimum absolute atomic E-state index is 0.0764. The van der Waals surface area contributed by atoms with Gasteiger partial charge in [0.2, 0.25) is 5.91 Å². The first-order valence-electron chi connectivity index (χ1n) is 7.10. The Balaban J connectivity index is 1.61. The van der Waals surface area contributed by atoms with Gasteiger partial charge in [0.05, 0.1) is 20.2 Å². The summed E-state index contributed by atoms with van der Waals surface area (Å²) in [4.78, 5) is 11.7. The minimum Gasteiger partial charge on any atom is -0.497 e. The Morgan fingerprint density at radius 1 is 1.00 bits per heavy atom. The summed E-state index contributed by atoms with van der Waals surface area (Å²) in [6.45, 7) is 1.13. The third-order valence-corrected chi connectivity index (χ3v) is 2.98. The van der Waals surface area contributed by atoms with E-state index in [4.69, 9.17) is 9.47 Å². The van der Waals surface area contributed by atoms with E-state index in [-0.39, 0.29) is 12.5 Å². The van der Waals surface area contributed by atoms with Gasteiger partial charge < -0.3 is 20.1 Å². The van der Waals surface area contributed by atoms with E-state index in [1.165, 1.54) is 0 Å². The Hall–Kier alpha value is -2.69. The SMILES string of the molecule is COc1ccc(NCC(=O)NCCOc2ccccc2)cc1. The first-order chi connectivity index (χ1) is 10.8. The lowest BCUT2D eigenvalue weighted by atomic mass is 10.3. The van der Waals surface area contributed by atoms with E-state index in [2.05, 4.69) is 10.6 Å². The molecule has 0 fully saturated rings. The topological polar surface area (TPSA) is 59.6 Å². The molecule has 116 valence electrons. The lowest BCUT2D eigenvalue weighted by molar-refractivity contribution is -0.119. The number of rotatable bonds is 8. The van der Waals surface area contributed by atoms with E-state index in [9.17, 15) is 4.79 Å². The summed E-state index contributed by atoms with van der Waals surface area (Å²) >= 11 is 0. The van der Waals surface area contributed by atoms with Crippen molar-refractivity contribution in [1.82, 2.24) is 5.32 Å². The molecule has 0 bridgehead atoms. The molecule has 2 aromatic rings. The molecule has 1 amide bonds. The quantitative estimate of drug-likeness (QED) is 0.735. The van der Waals surface area contributed by atoms with Crippen LogP contribution in [-0.2, 0) is 4.79 Å². The van der Waals surface area contributed by atoms with Gasteiger partial charge in [-0.2, -0.15) is 0 Å². The summed E-state index contributed by atoms with van der Waals surface area (Å²) in [5.74, 6) is 1.51. The summed E-state index contributed by atoms with van der Waals surface area (Å²) in [5, 5.41) is 5.84. The van der Waals surface area contributed by atoms with Crippen molar-refractivity contribution in [2.45, 2.75) is 0 Å². The van der Waals surface area contributed by atoms with Crippen LogP contribution in [0.2, 0.25) is 0 Å². The summed E-state index contributed by atoms with van der Waals surface area (Å²) in [7, 11) is 1.62. The van der Waals surface area contributed by atoms with Crippen LogP contribution in [0.5, 0.6) is 11.5 Å². The van der Waals surface area contributed by atoms with Gasteiger partial charge in [-0.25, -0.2) is 0 Å². The van der Waals surface area contributed by atoms with Gasteiger partial charge in [-0.05, 0) is 36.4 Å². The fourth-order valence-electron chi connectivity index (χ4n) is 1.83. The van der Waals surface area contributed by atoms with Crippen molar-refractivity contribution in [2.24, 2.45) is 0 Å². The molecule has 0 saturated heterocycles. The smallest absolute Gasteiger partial charge is 0.239 e. The average Bonchev–Trinajstić information content (AvgIpc) is 2.58. The molecule has 0 atom stereocenters. The second-order valence-electron chi connectivity index (χ2n) is 4.59. The molecule has 2 aromatic carbocycles. The zero-order valence-electron chi connectivity index (χ0n) is 12.5. The van der Waals surface area contributed by atoms with Crippen molar-refractivity contribution in [3.05, 3.63) is 54.6 Å². The molecule has 0 heterocycles. The maximum Gasteiger partial charge on any atom is 0.239 e. The molecule has 0 aliphatic heterocycles. The van der Waals surface area contributed by atoms with Crippen molar-refractivity contribution in [3.63, 3.8) is 0 Å². The molecule has 0 radical (unpaired) electrons. The highest BCUT2D eigenvalue weighted by atomic mass is 16.5. The standard InChI is InChI=1S/C17H20N2O3/c1-21-15-9-7-14(8-10-15)19-13-17(20)18-11-12-22-16-5-3-2-4-6-16/h2-10,19H,11-13H2,1H3,(H,18,20). The van der Waals surface area contributed by atoms with Gasteiger partial charge >= 0.3 is 0 Å². The van der Waals surface area contributed by atoms with Gasteiger partial charge in [-0.1, -0.05) is 18.2 Å². The maximum absolute atomic E-state index is 11.7. The summed E-state index contributed by atoms with van der Waals surface area (Å²) < 4.78 is 10.6. The zero-order valence-corrected chi connectivity index (χ0v) is 12.5. The van der Waals surface area contributed by atoms with E-state index in [0.29, 0.717) is 13.2 Å². The number of anilines is 1. The first-order valence-corrected chi connectivity index (χ1v) is 7.10. The highest BCUT2D eigenvalue weighted by Gasteiger charge is 2.01. The number of amides is 1. The largest absolute Gasteiger partial charge is 0.497 e. The monoisotopic (exact) mass is 300 g/mol. The van der Waals surface area contributed by atoms with Crippen molar-refractivity contribution < 1.29 is 14.3 Å². The van der Waals surface area contributed by atoms with Gasteiger partial charge in [-0.15, -0.1) is 0 Å². The predicted octanol–water partition coefficient (Wildman–Crippen LogP) is 2.30. The van der Waals surface area contributed by atoms with E-state index in [0.717, 1.165) is 17.2 Å². The lowest BCUT2D eigenvalue weighted by Gasteiger charge is -2.09. The van der Waals surface area contributed by atoms with Crippen LogP contribution in [0.1, 0.15) is 0 Å². The van der Waals surface area contributed by atoms with Gasteiger partial charge in [-0.3, -0.25) is 4.79 Å². The van der Waals surface area contributed by atoms with Crippen molar-refractivity contribution in [3.8, 4) is 11.5 Å². The molecule has 0 unspecified atom stereocenters. The molecule has 2 rings (SSSR count). The fourth-order valence-corrected chi connectivity index (χ4v) is 1.83. The Labute approximate surface area is 130 Å². The van der Waals surface area contributed by atoms with Gasteiger partial charge in [0.15, 0.2) is 0 Å². The van der Waals surface area contributed by atoms with Gasteiger partial charge in [0, 0.05) is 5.69 Å². The molecule has 2 N–H and O–H groups in total. The van der Waals surface area contributed by atoms with E-state index in [1.54, 1.807) is 7.11 Å². The predicted molar refractivity (Wildman–Crippen MR) is 86.4 cm³/mol. The van der Waals surface area contributed by atoms with E-state index < -0.39 is 0 Å². The first kappa shape index (κ1) is 15.7. The molecular formula is C17H20N2O3. The van der Waals surface area contributed by atoms with Crippen LogP contribution in [-0.4, -0.2) is 32.7 Å². The summed E-state index contributed by atoms with van der Waals surface area (Å²) in [6, 6.07) is 16.9. The van der Waals surface area contributed by atoms with Gasteiger partial charge in [0.1, 0.15) is 18.1 Å². The molecule has 0 aliphatic carbocycles. The highest BCUT2D eigenvalue weighted by molar-refractivity contribution is 5.80. The van der Waals surface area contributed by atoms with Crippen LogP contribution in [0.15, 0.2) is 54.6 Å². The minimum atomic E-state index is -0.0764. The molecule has 5 heteroatoms. The number of hydrogen-bond donors (Lipinski definition) is 2. The number of methoxy groups -OCH3 is 1. The van der Waals surface area contributed by atoms with Gasteiger partial charge in [0.25, 0.3) is 0 Å². The Kier molecular flexibility index (Phi) is 6.11. The van der Waals surface area contributed by atoms with E-state index in [1.807, 2.05) is 54.6 Å². The molecule has 0 spiro atoms. The number of ether oxygens (including phenoxy) is 2. The summed E-state index contributed by atoms with van der Waals surface area (Å²) in [6.07, 6.45) is 0. The molecule has 22 heavy (non-hydrogen) atoms. The summed E-state index contributed by atoms with van der Waals surface area (Å²) in [5.41, 5.74) is 0.872. The number of benzene rings is 2. The Morgan fingerprint density at radius 3 is 2.41 bits per heavy atom.